The molecule has 4 aromatic rings. The molecule has 3 heterocycles. The average molecular weight is 457 g/mol. The van der Waals surface area contributed by atoms with Crippen molar-refractivity contribution in [1.82, 2.24) is 0 Å². The van der Waals surface area contributed by atoms with Crippen LogP contribution in [0, 0.1) is 10.1 Å². The van der Waals surface area contributed by atoms with Crippen LogP contribution >= 0.6 is 0 Å². The molecule has 0 radical (unpaired) electrons. The molecule has 0 spiro atoms. The van der Waals surface area contributed by atoms with Crippen LogP contribution in [0.5, 0.6) is 23.0 Å². The van der Waals surface area contributed by atoms with E-state index in [0.717, 1.165) is 46.5 Å². The van der Waals surface area contributed by atoms with Gasteiger partial charge in [0.2, 0.25) is 12.5 Å². The molecule has 34 heavy (non-hydrogen) atoms. The van der Waals surface area contributed by atoms with Gasteiger partial charge < -0.3 is 18.9 Å². The number of aromatic nitrogens is 1. The van der Waals surface area contributed by atoms with E-state index in [1.54, 1.807) is 13.2 Å². The molecule has 0 unspecified atom stereocenters. The van der Waals surface area contributed by atoms with E-state index in [2.05, 4.69) is 29.0 Å². The van der Waals surface area contributed by atoms with E-state index in [-0.39, 0.29) is 19.1 Å². The lowest BCUT2D eigenvalue weighted by Gasteiger charge is -2.18. The highest BCUT2D eigenvalue weighted by Gasteiger charge is 2.28. The summed E-state index contributed by atoms with van der Waals surface area (Å²) in [7, 11) is 1.60. The van der Waals surface area contributed by atoms with Crippen molar-refractivity contribution in [1.29, 1.82) is 0 Å². The maximum Gasteiger partial charge on any atom is 0.269 e. The second kappa shape index (κ2) is 7.91. The summed E-state index contributed by atoms with van der Waals surface area (Å²) >= 11 is 0. The molecule has 0 saturated carbocycles. The average Bonchev–Trinajstić information content (AvgIpc) is 3.32. The van der Waals surface area contributed by atoms with Crippen molar-refractivity contribution in [3.05, 3.63) is 82.0 Å². The molecule has 0 fully saturated rings. The first-order valence-electron chi connectivity index (χ1n) is 10.9. The number of aryl methyl sites for hydroxylation is 2. The molecule has 2 aliphatic rings. The van der Waals surface area contributed by atoms with Crippen molar-refractivity contribution >= 4 is 16.5 Å². The third-order valence-corrected chi connectivity index (χ3v) is 6.30. The second-order valence-corrected chi connectivity index (χ2v) is 8.28. The van der Waals surface area contributed by atoms with Crippen LogP contribution in [0.3, 0.4) is 0 Å². The Morgan fingerprint density at radius 1 is 1.09 bits per heavy atom. The topological polar surface area (TPSA) is 83.9 Å². The zero-order chi connectivity index (χ0) is 23.2. The summed E-state index contributed by atoms with van der Waals surface area (Å²) in [4.78, 5) is 10.7. The Balaban J connectivity index is 1.41. The van der Waals surface area contributed by atoms with Gasteiger partial charge in [0.15, 0.2) is 35.7 Å². The minimum absolute atomic E-state index is 0.0372. The number of methoxy groups -OCH3 is 1. The number of benzene rings is 3. The van der Waals surface area contributed by atoms with E-state index >= 15 is 0 Å². The van der Waals surface area contributed by atoms with Crippen LogP contribution in [-0.2, 0) is 19.6 Å². The van der Waals surface area contributed by atoms with Crippen LogP contribution < -0.4 is 23.5 Å². The van der Waals surface area contributed by atoms with Crippen LogP contribution in [0.25, 0.3) is 22.0 Å². The lowest BCUT2D eigenvalue weighted by molar-refractivity contribution is -0.686. The van der Waals surface area contributed by atoms with Crippen molar-refractivity contribution in [2.24, 2.45) is 0 Å². The Labute approximate surface area is 195 Å². The number of ether oxygens (including phenoxy) is 4. The zero-order valence-corrected chi connectivity index (χ0v) is 18.4. The number of nitrogens with zero attached hydrogens (tertiary/aromatic N) is 2. The van der Waals surface area contributed by atoms with Crippen molar-refractivity contribution in [2.75, 3.05) is 13.9 Å². The van der Waals surface area contributed by atoms with Crippen molar-refractivity contribution in [3.8, 4) is 34.3 Å². The standard InChI is InChI=1S/C26H21N2O6/c1-31-23-6-5-17-10-22-20-12-25-24(33-15-34-25)11-18(20)7-8-27(22)13-21(17)26(23)32-14-16-3-2-4-19(9-16)28(29)30/h2-6,9-13H,7-8,14-15H2,1H3/q+1. The Morgan fingerprint density at radius 2 is 1.94 bits per heavy atom. The third kappa shape index (κ3) is 3.35. The first kappa shape index (κ1) is 20.3. The normalized spacial score (nSPS) is 13.3. The molecule has 2 aliphatic heterocycles. The number of hydrogen-bond donors (Lipinski definition) is 0. The van der Waals surface area contributed by atoms with Crippen molar-refractivity contribution < 1.29 is 28.4 Å². The first-order chi connectivity index (χ1) is 16.6. The van der Waals surface area contributed by atoms with Gasteiger partial charge in [0.05, 0.1) is 23.0 Å². The fourth-order valence-corrected chi connectivity index (χ4v) is 4.62. The summed E-state index contributed by atoms with van der Waals surface area (Å²) in [5.41, 5.74) is 4.22. The van der Waals surface area contributed by atoms with E-state index in [0.29, 0.717) is 17.1 Å². The maximum absolute atomic E-state index is 11.1. The zero-order valence-electron chi connectivity index (χ0n) is 18.4. The SMILES string of the molecule is COc1ccc2cc3[n+](cc2c1OCc1cccc([N+](=O)[O-])c1)CCc1cc2c(cc1-3)OCO2. The molecule has 0 atom stereocenters. The van der Waals surface area contributed by atoms with E-state index in [9.17, 15) is 10.1 Å². The summed E-state index contributed by atoms with van der Waals surface area (Å²) in [6.45, 7) is 1.26. The fourth-order valence-electron chi connectivity index (χ4n) is 4.62. The van der Waals surface area contributed by atoms with Crippen molar-refractivity contribution in [2.45, 2.75) is 19.6 Å². The molecule has 0 amide bonds. The number of hydrogen-bond acceptors (Lipinski definition) is 6. The molecule has 1 aromatic heterocycles. The second-order valence-electron chi connectivity index (χ2n) is 8.28. The molecular formula is C26H21N2O6+. The van der Waals surface area contributed by atoms with Gasteiger partial charge >= 0.3 is 0 Å². The monoisotopic (exact) mass is 457 g/mol. The Morgan fingerprint density at radius 3 is 2.76 bits per heavy atom. The minimum Gasteiger partial charge on any atom is -0.493 e. The number of nitro groups is 1. The number of non-ortho nitro benzene ring substituents is 1. The van der Waals surface area contributed by atoms with Gasteiger partial charge in [-0.05, 0) is 40.8 Å². The smallest absolute Gasteiger partial charge is 0.269 e. The predicted octanol–water partition coefficient (Wildman–Crippen LogP) is 4.57. The number of fused-ring (bicyclic) bond motifs is 5. The lowest BCUT2D eigenvalue weighted by atomic mass is 9.95. The Kier molecular flexibility index (Phi) is 4.72. The predicted molar refractivity (Wildman–Crippen MR) is 123 cm³/mol. The van der Waals surface area contributed by atoms with Crippen LogP contribution in [0.15, 0.2) is 60.8 Å². The summed E-state index contributed by atoms with van der Waals surface area (Å²) in [6.07, 6.45) is 2.96. The number of nitro benzene ring substituents is 1. The lowest BCUT2D eigenvalue weighted by Crippen LogP contribution is -2.40. The quantitative estimate of drug-likeness (QED) is 0.248. The van der Waals surface area contributed by atoms with Crippen LogP contribution in [0.1, 0.15) is 11.1 Å². The van der Waals surface area contributed by atoms with Gasteiger partial charge in [0.25, 0.3) is 5.69 Å². The van der Waals surface area contributed by atoms with E-state index in [1.165, 1.54) is 17.7 Å². The third-order valence-electron chi connectivity index (χ3n) is 6.30. The van der Waals surface area contributed by atoms with Gasteiger partial charge in [-0.3, -0.25) is 10.1 Å². The molecule has 0 aliphatic carbocycles. The molecule has 170 valence electrons. The summed E-state index contributed by atoms with van der Waals surface area (Å²) in [6, 6.07) is 16.6. The summed E-state index contributed by atoms with van der Waals surface area (Å²) in [5.74, 6) is 2.79. The Hall–Kier alpha value is -4.33. The van der Waals surface area contributed by atoms with E-state index in [4.69, 9.17) is 18.9 Å². The highest BCUT2D eigenvalue weighted by atomic mass is 16.7. The molecule has 0 saturated heterocycles. The number of pyridine rings is 1. The Bertz CT molecular complexity index is 1470. The fraction of sp³-hybridized carbons (Fsp3) is 0.192. The first-order valence-corrected chi connectivity index (χ1v) is 10.9. The summed E-state index contributed by atoms with van der Waals surface area (Å²) in [5, 5.41) is 13.0. The van der Waals surface area contributed by atoms with Gasteiger partial charge in [-0.25, -0.2) is 0 Å². The van der Waals surface area contributed by atoms with Crippen LogP contribution in [0.2, 0.25) is 0 Å². The van der Waals surface area contributed by atoms with Gasteiger partial charge in [0.1, 0.15) is 6.61 Å². The van der Waals surface area contributed by atoms with E-state index < -0.39 is 4.92 Å². The molecule has 8 heteroatoms. The molecule has 3 aromatic carbocycles. The maximum atomic E-state index is 11.1. The minimum atomic E-state index is -0.407. The summed E-state index contributed by atoms with van der Waals surface area (Å²) < 4.78 is 25.1. The molecule has 0 bridgehead atoms. The largest absolute Gasteiger partial charge is 0.493 e. The van der Waals surface area contributed by atoms with Gasteiger partial charge in [-0.2, -0.15) is 4.57 Å². The number of rotatable bonds is 5. The van der Waals surface area contributed by atoms with Crippen molar-refractivity contribution in [3.63, 3.8) is 0 Å². The highest BCUT2D eigenvalue weighted by molar-refractivity contribution is 5.91. The molecule has 6 rings (SSSR count). The van der Waals surface area contributed by atoms with Crippen LogP contribution in [-0.4, -0.2) is 18.8 Å². The van der Waals surface area contributed by atoms with Gasteiger partial charge in [0, 0.05) is 24.6 Å². The highest BCUT2D eigenvalue weighted by Crippen LogP contribution is 2.41. The molecule has 8 nitrogen and oxygen atoms in total. The van der Waals surface area contributed by atoms with Crippen LogP contribution in [0.4, 0.5) is 5.69 Å². The molecule has 0 N–H and O–H groups in total. The molecular weight excluding hydrogens is 436 g/mol. The van der Waals surface area contributed by atoms with E-state index in [1.807, 2.05) is 18.2 Å². The van der Waals surface area contributed by atoms with Gasteiger partial charge in [-0.15, -0.1) is 0 Å². The van der Waals surface area contributed by atoms with Gasteiger partial charge in [-0.1, -0.05) is 12.1 Å².